The van der Waals surface area contributed by atoms with E-state index in [2.05, 4.69) is 6.92 Å². The standard InChI is InChI=1S/C25H50O9S/c1-2-3-4-5-6-7-8-9-10-11-12-13-14-15-16-32-17-20(26)18-33-25-24(29)23(28)22(27)21(34-25)19-35(30)31/h20-29H,2-19H2,1H3,(H,30,31)/p-1/t20-,21-,22-,23+,24-,25-/m1/s1. The van der Waals surface area contributed by atoms with Crippen molar-refractivity contribution in [3.05, 3.63) is 0 Å². The lowest BCUT2D eigenvalue weighted by Gasteiger charge is -2.40. The minimum atomic E-state index is -2.50. The molecular formula is C25H49O9S-. The van der Waals surface area contributed by atoms with Crippen LogP contribution >= 0.6 is 0 Å². The van der Waals surface area contributed by atoms with Crippen molar-refractivity contribution in [2.45, 2.75) is 134 Å². The van der Waals surface area contributed by atoms with E-state index in [0.717, 1.165) is 12.8 Å². The highest BCUT2D eigenvalue weighted by molar-refractivity contribution is 7.79. The number of hydrogen-bond acceptors (Lipinski definition) is 9. The first-order chi connectivity index (χ1) is 16.9. The summed E-state index contributed by atoms with van der Waals surface area (Å²) in [6.07, 6.45) is 9.70. The van der Waals surface area contributed by atoms with E-state index in [9.17, 15) is 29.2 Å². The maximum Gasteiger partial charge on any atom is 0.186 e. The third-order valence-corrected chi connectivity index (χ3v) is 6.97. The third kappa shape index (κ3) is 15.6. The summed E-state index contributed by atoms with van der Waals surface area (Å²) in [4.78, 5) is 0. The van der Waals surface area contributed by atoms with Gasteiger partial charge in [-0.25, -0.2) is 0 Å². The molecule has 210 valence electrons. The van der Waals surface area contributed by atoms with E-state index >= 15 is 0 Å². The van der Waals surface area contributed by atoms with Crippen LogP contribution in [0.2, 0.25) is 0 Å². The first-order valence-corrected chi connectivity index (χ1v) is 14.7. The smallest absolute Gasteiger partial charge is 0.186 e. The molecule has 0 aliphatic carbocycles. The van der Waals surface area contributed by atoms with Gasteiger partial charge in [0.05, 0.1) is 19.3 Å². The lowest BCUT2D eigenvalue weighted by Crippen LogP contribution is -2.59. The van der Waals surface area contributed by atoms with Gasteiger partial charge in [-0.2, -0.15) is 0 Å². The summed E-state index contributed by atoms with van der Waals surface area (Å²) in [6.45, 7) is 2.62. The summed E-state index contributed by atoms with van der Waals surface area (Å²) in [6, 6.07) is 0. The lowest BCUT2D eigenvalue weighted by atomic mass is 10.00. The molecule has 1 rings (SSSR count). The van der Waals surface area contributed by atoms with Crippen LogP contribution in [-0.4, -0.2) is 91.6 Å². The van der Waals surface area contributed by atoms with Gasteiger partial charge in [0.15, 0.2) is 6.29 Å². The van der Waals surface area contributed by atoms with E-state index in [-0.39, 0.29) is 13.2 Å². The van der Waals surface area contributed by atoms with Crippen LogP contribution in [0.4, 0.5) is 0 Å². The van der Waals surface area contributed by atoms with E-state index in [1.165, 1.54) is 77.0 Å². The predicted octanol–water partition coefficient (Wildman–Crippen LogP) is 2.55. The highest BCUT2D eigenvalue weighted by atomic mass is 32.2. The van der Waals surface area contributed by atoms with Gasteiger partial charge >= 0.3 is 0 Å². The number of unbranched alkanes of at least 4 members (excludes halogenated alkanes) is 13. The fourth-order valence-corrected chi connectivity index (χ4v) is 4.74. The van der Waals surface area contributed by atoms with E-state index in [1.807, 2.05) is 0 Å². The van der Waals surface area contributed by atoms with Gasteiger partial charge in [0.25, 0.3) is 0 Å². The molecule has 7 atom stereocenters. The monoisotopic (exact) mass is 525 g/mol. The van der Waals surface area contributed by atoms with E-state index in [1.54, 1.807) is 0 Å². The largest absolute Gasteiger partial charge is 0.772 e. The lowest BCUT2D eigenvalue weighted by molar-refractivity contribution is -0.296. The molecule has 0 aromatic carbocycles. The Labute approximate surface area is 213 Å². The maximum absolute atomic E-state index is 10.9. The summed E-state index contributed by atoms with van der Waals surface area (Å²) in [7, 11) is 0. The first kappa shape index (κ1) is 32.9. The van der Waals surface area contributed by atoms with Gasteiger partial charge in [0, 0.05) is 12.4 Å². The van der Waals surface area contributed by atoms with Gasteiger partial charge in [-0.3, -0.25) is 4.21 Å². The number of hydrogen-bond donors (Lipinski definition) is 4. The van der Waals surface area contributed by atoms with Crippen LogP contribution in [0.5, 0.6) is 0 Å². The number of aliphatic hydroxyl groups excluding tert-OH is 4. The summed E-state index contributed by atoms with van der Waals surface area (Å²) < 4.78 is 37.8. The molecule has 1 fully saturated rings. The van der Waals surface area contributed by atoms with Crippen LogP contribution < -0.4 is 0 Å². The molecule has 0 radical (unpaired) electrons. The van der Waals surface area contributed by atoms with Gasteiger partial charge in [0.1, 0.15) is 24.4 Å². The summed E-state index contributed by atoms with van der Waals surface area (Å²) in [5.74, 6) is -0.546. The Morgan fingerprint density at radius 1 is 0.800 bits per heavy atom. The second-order valence-corrected chi connectivity index (χ2v) is 10.6. The molecule has 0 aromatic heterocycles. The molecular weight excluding hydrogens is 476 g/mol. The molecule has 1 unspecified atom stereocenters. The zero-order valence-electron chi connectivity index (χ0n) is 21.4. The fourth-order valence-electron chi connectivity index (χ4n) is 4.20. The average molecular weight is 526 g/mol. The molecule has 1 heterocycles. The Balaban J connectivity index is 1.97. The highest BCUT2D eigenvalue weighted by Crippen LogP contribution is 2.23. The van der Waals surface area contributed by atoms with Gasteiger partial charge < -0.3 is 39.2 Å². The van der Waals surface area contributed by atoms with Crippen LogP contribution in [0, 0.1) is 0 Å². The van der Waals surface area contributed by atoms with Gasteiger partial charge in [-0.15, -0.1) is 0 Å². The topological polar surface area (TPSA) is 149 Å². The quantitative estimate of drug-likeness (QED) is 0.124. The molecule has 9 nitrogen and oxygen atoms in total. The van der Waals surface area contributed by atoms with Crippen molar-refractivity contribution in [3.63, 3.8) is 0 Å². The fraction of sp³-hybridized carbons (Fsp3) is 1.00. The molecule has 0 spiro atoms. The van der Waals surface area contributed by atoms with Crippen LogP contribution in [0.1, 0.15) is 96.8 Å². The first-order valence-electron chi connectivity index (χ1n) is 13.5. The third-order valence-electron chi connectivity index (χ3n) is 6.37. The van der Waals surface area contributed by atoms with Crippen LogP contribution in [0.3, 0.4) is 0 Å². The van der Waals surface area contributed by atoms with Crippen molar-refractivity contribution >= 4 is 11.1 Å². The van der Waals surface area contributed by atoms with Crippen molar-refractivity contribution in [2.24, 2.45) is 0 Å². The summed E-state index contributed by atoms with van der Waals surface area (Å²) in [5, 5.41) is 39.7. The Kier molecular flexibility index (Phi) is 19.6. The molecule has 1 saturated heterocycles. The second kappa shape index (κ2) is 20.8. The van der Waals surface area contributed by atoms with Crippen molar-refractivity contribution < 1.29 is 43.4 Å². The predicted molar refractivity (Wildman–Crippen MR) is 134 cm³/mol. The van der Waals surface area contributed by atoms with Gasteiger partial charge in [-0.1, -0.05) is 101 Å². The zero-order chi connectivity index (χ0) is 25.9. The molecule has 10 heteroatoms. The summed E-state index contributed by atoms with van der Waals surface area (Å²) in [5.41, 5.74) is 0. The normalized spacial score (nSPS) is 26.6. The van der Waals surface area contributed by atoms with Crippen LogP contribution in [0.25, 0.3) is 0 Å². The molecule has 1 aliphatic heterocycles. The molecule has 0 aromatic rings. The highest BCUT2D eigenvalue weighted by Gasteiger charge is 2.44. The van der Waals surface area contributed by atoms with Crippen molar-refractivity contribution in [2.75, 3.05) is 25.6 Å². The average Bonchev–Trinajstić information content (AvgIpc) is 2.83. The van der Waals surface area contributed by atoms with Crippen LogP contribution in [0.15, 0.2) is 0 Å². The minimum absolute atomic E-state index is 0.0560. The van der Waals surface area contributed by atoms with Crippen LogP contribution in [-0.2, 0) is 25.3 Å². The van der Waals surface area contributed by atoms with Crippen molar-refractivity contribution in [3.8, 4) is 0 Å². The van der Waals surface area contributed by atoms with Gasteiger partial charge in [0.2, 0.25) is 0 Å². The molecule has 4 N–H and O–H groups in total. The van der Waals surface area contributed by atoms with Crippen molar-refractivity contribution in [1.29, 1.82) is 0 Å². The molecule has 0 amide bonds. The summed E-state index contributed by atoms with van der Waals surface area (Å²) >= 11 is -2.50. The molecule has 1 aliphatic rings. The second-order valence-electron chi connectivity index (χ2n) is 9.64. The Morgan fingerprint density at radius 2 is 1.31 bits per heavy atom. The Morgan fingerprint density at radius 3 is 1.83 bits per heavy atom. The number of aliphatic hydroxyl groups is 4. The zero-order valence-corrected chi connectivity index (χ0v) is 22.2. The maximum atomic E-state index is 10.9. The SMILES string of the molecule is CCCCCCCCCCCCCCCCOC[C@@H](O)CO[C@@H]1O[C@H](CS(=O)[O-])[C@@H](O)[C@H](O)[C@H]1O. The Bertz CT molecular complexity index is 525. The van der Waals surface area contributed by atoms with E-state index < -0.39 is 53.6 Å². The van der Waals surface area contributed by atoms with Crippen molar-refractivity contribution in [1.82, 2.24) is 0 Å². The molecule has 0 saturated carbocycles. The minimum Gasteiger partial charge on any atom is -0.772 e. The Hall–Kier alpha value is -0.170. The molecule has 35 heavy (non-hydrogen) atoms. The van der Waals surface area contributed by atoms with E-state index in [4.69, 9.17) is 14.2 Å². The number of rotatable bonds is 22. The van der Waals surface area contributed by atoms with E-state index in [0.29, 0.717) is 6.61 Å². The molecule has 0 bridgehead atoms. The number of ether oxygens (including phenoxy) is 3. The van der Waals surface area contributed by atoms with Gasteiger partial charge in [-0.05, 0) is 6.42 Å².